The van der Waals surface area contributed by atoms with Crippen molar-refractivity contribution < 1.29 is 9.59 Å². The predicted octanol–water partition coefficient (Wildman–Crippen LogP) is 0.782. The van der Waals surface area contributed by atoms with Gasteiger partial charge in [-0.25, -0.2) is 0 Å². The standard InChI is InChI=1S/C14H27N3O2/c1-10(2)8-16-13(18)9-17-14(19)11-6-4-3-5-7-12(11)15/h10-12H,3-9,15H2,1-2H3,(H,16,18)(H,17,19). The number of amides is 2. The minimum absolute atomic E-state index is 0.0504. The van der Waals surface area contributed by atoms with Gasteiger partial charge in [0.15, 0.2) is 0 Å². The molecule has 0 aliphatic heterocycles. The lowest BCUT2D eigenvalue weighted by molar-refractivity contribution is -0.129. The highest BCUT2D eigenvalue weighted by atomic mass is 16.2. The van der Waals surface area contributed by atoms with Crippen LogP contribution in [0.3, 0.4) is 0 Å². The van der Waals surface area contributed by atoms with Crippen LogP contribution in [-0.4, -0.2) is 30.9 Å². The van der Waals surface area contributed by atoms with Gasteiger partial charge in [-0.2, -0.15) is 0 Å². The van der Waals surface area contributed by atoms with E-state index in [0.29, 0.717) is 12.5 Å². The zero-order chi connectivity index (χ0) is 14.3. The van der Waals surface area contributed by atoms with Gasteiger partial charge in [0.2, 0.25) is 11.8 Å². The van der Waals surface area contributed by atoms with Crippen LogP contribution in [0.25, 0.3) is 0 Å². The van der Waals surface area contributed by atoms with Crippen molar-refractivity contribution in [1.29, 1.82) is 0 Å². The summed E-state index contributed by atoms with van der Waals surface area (Å²) < 4.78 is 0. The topological polar surface area (TPSA) is 84.2 Å². The Labute approximate surface area is 115 Å². The van der Waals surface area contributed by atoms with Gasteiger partial charge < -0.3 is 16.4 Å². The molecule has 1 saturated carbocycles. The highest BCUT2D eigenvalue weighted by Crippen LogP contribution is 2.22. The minimum atomic E-state index is -0.139. The fourth-order valence-corrected chi connectivity index (χ4v) is 2.34. The van der Waals surface area contributed by atoms with Crippen molar-refractivity contribution in [2.45, 2.75) is 52.0 Å². The molecule has 110 valence electrons. The molecule has 1 rings (SSSR count). The van der Waals surface area contributed by atoms with Crippen LogP contribution in [0, 0.1) is 11.8 Å². The molecule has 4 N–H and O–H groups in total. The Morgan fingerprint density at radius 1 is 1.16 bits per heavy atom. The summed E-state index contributed by atoms with van der Waals surface area (Å²) in [4.78, 5) is 23.6. The Morgan fingerprint density at radius 3 is 2.53 bits per heavy atom. The Kier molecular flexibility index (Phi) is 6.84. The first-order valence-corrected chi connectivity index (χ1v) is 7.30. The largest absolute Gasteiger partial charge is 0.354 e. The SMILES string of the molecule is CC(C)CNC(=O)CNC(=O)C1CCCCCC1N. The second-order valence-corrected chi connectivity index (χ2v) is 5.82. The fourth-order valence-electron chi connectivity index (χ4n) is 2.34. The lowest BCUT2D eigenvalue weighted by Crippen LogP contribution is -2.45. The Hall–Kier alpha value is -1.10. The average molecular weight is 269 g/mol. The molecule has 0 radical (unpaired) electrons. The van der Waals surface area contributed by atoms with Gasteiger partial charge >= 0.3 is 0 Å². The minimum Gasteiger partial charge on any atom is -0.354 e. The van der Waals surface area contributed by atoms with E-state index in [1.165, 1.54) is 0 Å². The lowest BCUT2D eigenvalue weighted by atomic mass is 9.94. The number of carbonyl (C=O) groups excluding carboxylic acids is 2. The van der Waals surface area contributed by atoms with Gasteiger partial charge in [-0.05, 0) is 18.8 Å². The zero-order valence-corrected chi connectivity index (χ0v) is 12.1. The van der Waals surface area contributed by atoms with Gasteiger partial charge in [-0.15, -0.1) is 0 Å². The first-order valence-electron chi connectivity index (χ1n) is 7.30. The molecular weight excluding hydrogens is 242 g/mol. The van der Waals surface area contributed by atoms with E-state index in [0.717, 1.165) is 32.1 Å². The molecular formula is C14H27N3O2. The third kappa shape index (κ3) is 6.05. The molecule has 0 saturated heterocycles. The molecule has 19 heavy (non-hydrogen) atoms. The van der Waals surface area contributed by atoms with Gasteiger partial charge in [0.1, 0.15) is 0 Å². The summed E-state index contributed by atoms with van der Waals surface area (Å²) >= 11 is 0. The Morgan fingerprint density at radius 2 is 1.84 bits per heavy atom. The average Bonchev–Trinajstić information content (AvgIpc) is 2.58. The number of hydrogen-bond acceptors (Lipinski definition) is 3. The summed E-state index contributed by atoms with van der Waals surface area (Å²) in [5, 5.41) is 5.48. The maximum Gasteiger partial charge on any atom is 0.239 e. The number of rotatable bonds is 5. The van der Waals surface area contributed by atoms with E-state index in [1.54, 1.807) is 0 Å². The van der Waals surface area contributed by atoms with Crippen molar-refractivity contribution in [2.24, 2.45) is 17.6 Å². The van der Waals surface area contributed by atoms with Gasteiger partial charge in [0.05, 0.1) is 12.5 Å². The molecule has 0 aromatic rings. The number of hydrogen-bond donors (Lipinski definition) is 3. The van der Waals surface area contributed by atoms with Crippen LogP contribution >= 0.6 is 0 Å². The number of nitrogens with two attached hydrogens (primary N) is 1. The van der Waals surface area contributed by atoms with Gasteiger partial charge in [0, 0.05) is 12.6 Å². The molecule has 0 bridgehead atoms. The third-order valence-corrected chi connectivity index (χ3v) is 3.54. The van der Waals surface area contributed by atoms with E-state index in [1.807, 2.05) is 13.8 Å². The van der Waals surface area contributed by atoms with Crippen molar-refractivity contribution >= 4 is 11.8 Å². The molecule has 2 amide bonds. The van der Waals surface area contributed by atoms with Crippen LogP contribution in [0.2, 0.25) is 0 Å². The third-order valence-electron chi connectivity index (χ3n) is 3.54. The summed E-state index contributed by atoms with van der Waals surface area (Å²) in [6.45, 7) is 4.75. The van der Waals surface area contributed by atoms with Crippen molar-refractivity contribution in [3.05, 3.63) is 0 Å². The van der Waals surface area contributed by atoms with Crippen LogP contribution in [0.15, 0.2) is 0 Å². The molecule has 1 aliphatic carbocycles. The van der Waals surface area contributed by atoms with E-state index in [2.05, 4.69) is 10.6 Å². The highest BCUT2D eigenvalue weighted by Gasteiger charge is 2.26. The predicted molar refractivity (Wildman–Crippen MR) is 75.4 cm³/mol. The fraction of sp³-hybridized carbons (Fsp3) is 0.857. The van der Waals surface area contributed by atoms with Gasteiger partial charge in [-0.1, -0.05) is 33.1 Å². The first-order chi connectivity index (χ1) is 9.00. The molecule has 1 fully saturated rings. The molecule has 2 atom stereocenters. The zero-order valence-electron chi connectivity index (χ0n) is 12.1. The molecule has 0 aromatic carbocycles. The maximum absolute atomic E-state index is 12.0. The van der Waals surface area contributed by atoms with Crippen LogP contribution < -0.4 is 16.4 Å². The van der Waals surface area contributed by atoms with Gasteiger partial charge in [0.25, 0.3) is 0 Å². The van der Waals surface area contributed by atoms with E-state index in [-0.39, 0.29) is 30.3 Å². The molecule has 5 heteroatoms. The molecule has 0 aromatic heterocycles. The maximum atomic E-state index is 12.0. The monoisotopic (exact) mass is 269 g/mol. The highest BCUT2D eigenvalue weighted by molar-refractivity contribution is 5.86. The van der Waals surface area contributed by atoms with Crippen LogP contribution in [0.4, 0.5) is 0 Å². The second-order valence-electron chi connectivity index (χ2n) is 5.82. The number of carbonyl (C=O) groups is 2. The van der Waals surface area contributed by atoms with Crippen molar-refractivity contribution in [3.8, 4) is 0 Å². The summed E-state index contributed by atoms with van der Waals surface area (Å²) in [5.41, 5.74) is 6.02. The summed E-state index contributed by atoms with van der Waals surface area (Å²) in [5.74, 6) is 0.0636. The van der Waals surface area contributed by atoms with Gasteiger partial charge in [-0.3, -0.25) is 9.59 Å². The first kappa shape index (κ1) is 16.0. The summed E-state index contributed by atoms with van der Waals surface area (Å²) in [6.07, 6.45) is 5.02. The van der Waals surface area contributed by atoms with Crippen LogP contribution in [0.1, 0.15) is 46.0 Å². The molecule has 1 aliphatic rings. The van der Waals surface area contributed by atoms with Crippen molar-refractivity contribution in [2.75, 3.05) is 13.1 Å². The quantitative estimate of drug-likeness (QED) is 0.645. The summed E-state index contributed by atoms with van der Waals surface area (Å²) in [7, 11) is 0. The number of nitrogens with one attached hydrogen (secondary N) is 2. The van der Waals surface area contributed by atoms with Crippen LogP contribution in [-0.2, 0) is 9.59 Å². The second kappa shape index (κ2) is 8.15. The van der Waals surface area contributed by atoms with Crippen molar-refractivity contribution in [3.63, 3.8) is 0 Å². The lowest BCUT2D eigenvalue weighted by Gasteiger charge is -2.20. The molecule has 0 spiro atoms. The smallest absolute Gasteiger partial charge is 0.239 e. The summed E-state index contributed by atoms with van der Waals surface area (Å²) in [6, 6.07) is -0.0683. The molecule has 2 unspecified atom stereocenters. The van der Waals surface area contributed by atoms with E-state index < -0.39 is 0 Å². The van der Waals surface area contributed by atoms with E-state index >= 15 is 0 Å². The Bertz CT molecular complexity index is 305. The van der Waals surface area contributed by atoms with E-state index in [9.17, 15) is 9.59 Å². The normalized spacial score (nSPS) is 23.8. The van der Waals surface area contributed by atoms with E-state index in [4.69, 9.17) is 5.73 Å². The molecule has 5 nitrogen and oxygen atoms in total. The molecule has 0 heterocycles. The Balaban J connectivity index is 2.31. The van der Waals surface area contributed by atoms with Crippen molar-refractivity contribution in [1.82, 2.24) is 10.6 Å². The van der Waals surface area contributed by atoms with Crippen LogP contribution in [0.5, 0.6) is 0 Å².